The van der Waals surface area contributed by atoms with Crippen molar-refractivity contribution in [2.75, 3.05) is 0 Å². The Morgan fingerprint density at radius 2 is 1.71 bits per heavy atom. The fourth-order valence-electron chi connectivity index (χ4n) is 6.87. The number of fused-ring (bicyclic) bond motifs is 3. The van der Waals surface area contributed by atoms with Crippen LogP contribution in [-0.2, 0) is 32.1 Å². The number of hydrogen-bond donors (Lipinski definition) is 0. The molecule has 0 spiro atoms. The maximum atomic E-state index is 6.08. The van der Waals surface area contributed by atoms with Crippen molar-refractivity contribution < 1.29 is 24.5 Å². The van der Waals surface area contributed by atoms with Gasteiger partial charge in [-0.25, -0.2) is 4.98 Å². The van der Waals surface area contributed by atoms with Crippen molar-refractivity contribution in [1.29, 1.82) is 0 Å². The zero-order valence-corrected chi connectivity index (χ0v) is 31.9. The number of hydrogen-bond acceptors (Lipinski definition) is 4. The summed E-state index contributed by atoms with van der Waals surface area (Å²) in [5.74, 6) is 1.49. The van der Waals surface area contributed by atoms with Crippen molar-refractivity contribution in [2.24, 2.45) is 11.3 Å². The van der Waals surface area contributed by atoms with E-state index in [1.54, 1.807) is 0 Å². The van der Waals surface area contributed by atoms with E-state index in [-0.39, 0.29) is 31.1 Å². The summed E-state index contributed by atoms with van der Waals surface area (Å²) in [6.07, 6.45) is 5.26. The molecule has 49 heavy (non-hydrogen) atoms. The van der Waals surface area contributed by atoms with Gasteiger partial charge in [-0.15, -0.1) is 54.1 Å². The molecule has 251 valence electrons. The zero-order chi connectivity index (χ0) is 33.8. The van der Waals surface area contributed by atoms with Gasteiger partial charge in [0.05, 0.1) is 28.0 Å². The molecular weight excluding hydrogens is 781 g/mol. The molecule has 0 amide bonds. The van der Waals surface area contributed by atoms with Crippen LogP contribution in [0.25, 0.3) is 61.3 Å². The number of aryl methyl sites for hydroxylation is 1. The van der Waals surface area contributed by atoms with Gasteiger partial charge in [-0.1, -0.05) is 75.4 Å². The molecule has 7 aromatic rings. The first-order valence-electron chi connectivity index (χ1n) is 16.8. The summed E-state index contributed by atoms with van der Waals surface area (Å²) in [6.45, 7) is 17.7. The molecule has 5 heterocycles. The minimum atomic E-state index is -0.109. The van der Waals surface area contributed by atoms with E-state index >= 15 is 0 Å². The molecule has 1 aliphatic heterocycles. The van der Waals surface area contributed by atoms with Crippen LogP contribution in [-0.4, -0.2) is 19.5 Å². The van der Waals surface area contributed by atoms with Crippen LogP contribution >= 0.6 is 0 Å². The van der Waals surface area contributed by atoms with E-state index in [0.29, 0.717) is 11.6 Å². The van der Waals surface area contributed by atoms with E-state index in [0.717, 1.165) is 56.6 Å². The standard InChI is InChI=1S/C22H21N2O.C21H21N2.Ir/c1-14-8-9-17-16-6-5-7-18(20(16)25-21(17)24-14)19-12-15(10-11-23-19)13-22(2,3)4;1-14(2)17-13-21(3,4)23-19-16(17)11-8-12-18(19)22-20(23)15-9-6-5-7-10-15;/h5-6,8-12H,13H2,1-4H3;5-9,11-14H,1-4H3;/q2*-1;. The van der Waals surface area contributed by atoms with Gasteiger partial charge in [0.1, 0.15) is 0 Å². The number of aromatic nitrogens is 4. The summed E-state index contributed by atoms with van der Waals surface area (Å²) < 4.78 is 8.45. The maximum absolute atomic E-state index is 6.08. The van der Waals surface area contributed by atoms with Crippen molar-refractivity contribution in [3.63, 3.8) is 0 Å². The number of imidazole rings is 1. The van der Waals surface area contributed by atoms with Gasteiger partial charge < -0.3 is 14.0 Å². The van der Waals surface area contributed by atoms with Gasteiger partial charge >= 0.3 is 0 Å². The van der Waals surface area contributed by atoms with Gasteiger partial charge in [-0.2, -0.15) is 0 Å². The largest absolute Gasteiger partial charge is 0.486 e. The van der Waals surface area contributed by atoms with Crippen LogP contribution in [0.2, 0.25) is 0 Å². The summed E-state index contributed by atoms with van der Waals surface area (Å²) in [4.78, 5) is 14.0. The quantitative estimate of drug-likeness (QED) is 0.166. The summed E-state index contributed by atoms with van der Waals surface area (Å²) >= 11 is 0. The number of para-hydroxylation sites is 1. The van der Waals surface area contributed by atoms with E-state index in [2.05, 4.69) is 124 Å². The van der Waals surface area contributed by atoms with Gasteiger partial charge in [0, 0.05) is 42.9 Å². The molecule has 0 bridgehead atoms. The predicted molar refractivity (Wildman–Crippen MR) is 198 cm³/mol. The van der Waals surface area contributed by atoms with Gasteiger partial charge in [0.15, 0.2) is 0 Å². The van der Waals surface area contributed by atoms with Crippen molar-refractivity contribution in [3.05, 3.63) is 120 Å². The molecule has 4 aromatic heterocycles. The summed E-state index contributed by atoms with van der Waals surface area (Å²) in [7, 11) is 0. The smallest absolute Gasteiger partial charge is 0.216 e. The molecule has 6 heteroatoms. The molecule has 0 aliphatic carbocycles. The fraction of sp³-hybridized carbons (Fsp3) is 0.279. The Bertz CT molecular complexity index is 2320. The first kappa shape index (κ1) is 34.5. The van der Waals surface area contributed by atoms with Crippen molar-refractivity contribution in [2.45, 2.75) is 67.3 Å². The minimum absolute atomic E-state index is 0. The second kappa shape index (κ2) is 13.2. The number of pyridine rings is 2. The van der Waals surface area contributed by atoms with Gasteiger partial charge in [-0.05, 0) is 74.1 Å². The maximum Gasteiger partial charge on any atom is 0.216 e. The van der Waals surface area contributed by atoms with Crippen LogP contribution in [0.1, 0.15) is 65.3 Å². The molecule has 0 N–H and O–H groups in total. The van der Waals surface area contributed by atoms with Gasteiger partial charge in [0.2, 0.25) is 5.71 Å². The normalized spacial score (nSPS) is 13.7. The predicted octanol–water partition coefficient (Wildman–Crippen LogP) is 11.0. The number of nitrogens with zero attached hydrogens (tertiary/aromatic N) is 4. The number of furan rings is 1. The third-order valence-corrected chi connectivity index (χ3v) is 8.90. The van der Waals surface area contributed by atoms with Crippen LogP contribution in [0.15, 0.2) is 95.6 Å². The summed E-state index contributed by atoms with van der Waals surface area (Å²) in [6, 6.07) is 33.4. The van der Waals surface area contributed by atoms with E-state index in [1.807, 2.05) is 49.5 Å². The van der Waals surface area contributed by atoms with Crippen LogP contribution in [0.5, 0.6) is 0 Å². The molecule has 5 nitrogen and oxygen atoms in total. The Kier molecular flexibility index (Phi) is 9.25. The average Bonchev–Trinajstić information content (AvgIpc) is 3.62. The van der Waals surface area contributed by atoms with E-state index in [1.165, 1.54) is 22.2 Å². The molecule has 0 saturated carbocycles. The molecule has 0 unspecified atom stereocenters. The van der Waals surface area contributed by atoms with Crippen molar-refractivity contribution >= 4 is 38.7 Å². The van der Waals surface area contributed by atoms with Crippen LogP contribution < -0.4 is 0 Å². The summed E-state index contributed by atoms with van der Waals surface area (Å²) in [5, 5.41) is 2.08. The number of rotatable bonds is 4. The monoisotopic (exact) mass is 823 g/mol. The number of allylic oxidation sites excluding steroid dienone is 2. The molecule has 0 atom stereocenters. The van der Waals surface area contributed by atoms with Crippen molar-refractivity contribution in [1.82, 2.24) is 19.5 Å². The zero-order valence-electron chi connectivity index (χ0n) is 29.5. The van der Waals surface area contributed by atoms with E-state index < -0.39 is 0 Å². The molecule has 3 aromatic carbocycles. The fourth-order valence-corrected chi connectivity index (χ4v) is 6.87. The van der Waals surface area contributed by atoms with Gasteiger partial charge in [-0.3, -0.25) is 4.98 Å². The minimum Gasteiger partial charge on any atom is -0.486 e. The number of benzene rings is 3. The Morgan fingerprint density at radius 3 is 2.45 bits per heavy atom. The van der Waals surface area contributed by atoms with E-state index in [9.17, 15) is 0 Å². The Balaban J connectivity index is 0.000000167. The molecule has 0 saturated heterocycles. The van der Waals surface area contributed by atoms with Gasteiger partial charge in [0.25, 0.3) is 0 Å². The Hall–Kier alpha value is -4.38. The topological polar surface area (TPSA) is 56.7 Å². The van der Waals surface area contributed by atoms with Crippen LogP contribution in [0, 0.1) is 30.4 Å². The first-order chi connectivity index (χ1) is 22.9. The first-order valence-corrected chi connectivity index (χ1v) is 16.8. The SMILES string of the molecule is CC(C)C1=CC(C)(C)n2c(-c3[c-]cccc3)nc3cccc1c32.Cc1ccc2c(n1)oc1c(-c3cc(CC(C)(C)C)ccn3)[c-]ccc12.[Ir]. The Morgan fingerprint density at radius 1 is 0.898 bits per heavy atom. The molecule has 1 radical (unpaired) electrons. The average molecular weight is 823 g/mol. The summed E-state index contributed by atoms with van der Waals surface area (Å²) in [5.41, 5.74) is 11.7. The second-order valence-corrected chi connectivity index (χ2v) is 14.9. The molecule has 8 rings (SSSR count). The third kappa shape index (κ3) is 6.65. The van der Waals surface area contributed by atoms with Crippen LogP contribution in [0.4, 0.5) is 0 Å². The molecule has 0 fully saturated rings. The van der Waals surface area contributed by atoms with Crippen molar-refractivity contribution in [3.8, 4) is 22.6 Å². The molecule has 1 aliphatic rings. The third-order valence-electron chi connectivity index (χ3n) is 8.90. The van der Waals surface area contributed by atoms with Crippen LogP contribution in [0.3, 0.4) is 0 Å². The second-order valence-electron chi connectivity index (χ2n) is 14.9. The molecular formula is C43H42IrN4O-2. The Labute approximate surface area is 302 Å². The van der Waals surface area contributed by atoms with E-state index in [4.69, 9.17) is 9.40 Å².